The molecule has 0 spiro atoms. The highest BCUT2D eigenvalue weighted by atomic mass is 35.5. The lowest BCUT2D eigenvalue weighted by Crippen LogP contribution is -2.50. The molecule has 3 aromatic carbocycles. The van der Waals surface area contributed by atoms with E-state index in [4.69, 9.17) is 11.6 Å². The van der Waals surface area contributed by atoms with Gasteiger partial charge in [0.15, 0.2) is 0 Å². The first-order chi connectivity index (χ1) is 15.0. The average molecular weight is 435 g/mol. The van der Waals surface area contributed by atoms with Crippen molar-refractivity contribution in [2.24, 2.45) is 0 Å². The maximum atomic E-state index is 13.5. The Balaban J connectivity index is 1.94. The van der Waals surface area contributed by atoms with E-state index in [0.29, 0.717) is 18.0 Å². The second-order valence-corrected chi connectivity index (χ2v) is 8.07. The summed E-state index contributed by atoms with van der Waals surface area (Å²) in [6.07, 6.45) is 0.613. The molecular weight excluding hydrogens is 408 g/mol. The van der Waals surface area contributed by atoms with Crippen molar-refractivity contribution in [3.8, 4) is 0 Å². The van der Waals surface area contributed by atoms with Gasteiger partial charge in [0, 0.05) is 25.0 Å². The molecule has 4 nitrogen and oxygen atoms in total. The Morgan fingerprint density at radius 2 is 1.58 bits per heavy atom. The number of carbonyl (C=O) groups excluding carboxylic acids is 2. The monoisotopic (exact) mass is 434 g/mol. The van der Waals surface area contributed by atoms with Crippen molar-refractivity contribution < 1.29 is 9.59 Å². The topological polar surface area (TPSA) is 49.4 Å². The van der Waals surface area contributed by atoms with Crippen LogP contribution in [0.3, 0.4) is 0 Å². The third-order valence-electron chi connectivity index (χ3n) is 5.20. The Labute approximate surface area is 188 Å². The van der Waals surface area contributed by atoms with Crippen LogP contribution in [0.25, 0.3) is 0 Å². The van der Waals surface area contributed by atoms with E-state index in [1.54, 1.807) is 24.1 Å². The van der Waals surface area contributed by atoms with Crippen LogP contribution in [0.5, 0.6) is 0 Å². The minimum absolute atomic E-state index is 0.117. The summed E-state index contributed by atoms with van der Waals surface area (Å²) in [7, 11) is 1.60. The van der Waals surface area contributed by atoms with E-state index in [-0.39, 0.29) is 18.2 Å². The van der Waals surface area contributed by atoms with Gasteiger partial charge < -0.3 is 10.2 Å². The van der Waals surface area contributed by atoms with Gasteiger partial charge in [-0.2, -0.15) is 0 Å². The van der Waals surface area contributed by atoms with Gasteiger partial charge in [-0.15, -0.1) is 0 Å². The molecule has 0 unspecified atom stereocenters. The molecule has 0 bridgehead atoms. The van der Waals surface area contributed by atoms with Crippen LogP contribution in [0.2, 0.25) is 5.02 Å². The molecule has 2 amide bonds. The minimum Gasteiger partial charge on any atom is -0.357 e. The van der Waals surface area contributed by atoms with Crippen molar-refractivity contribution >= 4 is 23.4 Å². The Morgan fingerprint density at radius 1 is 0.903 bits per heavy atom. The van der Waals surface area contributed by atoms with Crippen LogP contribution < -0.4 is 5.32 Å². The van der Waals surface area contributed by atoms with Crippen LogP contribution in [-0.4, -0.2) is 29.8 Å². The van der Waals surface area contributed by atoms with Crippen LogP contribution >= 0.6 is 11.6 Å². The predicted octanol–water partition coefficient (Wildman–Crippen LogP) is 4.58. The highest BCUT2D eigenvalue weighted by Gasteiger charge is 2.29. The second kappa shape index (κ2) is 10.8. The van der Waals surface area contributed by atoms with Crippen molar-refractivity contribution in [1.29, 1.82) is 0 Å². The summed E-state index contributed by atoms with van der Waals surface area (Å²) in [5.41, 5.74) is 3.92. The number of nitrogens with one attached hydrogen (secondary N) is 1. The molecule has 0 aliphatic carbocycles. The molecule has 0 aliphatic rings. The Hall–Kier alpha value is -3.11. The highest BCUT2D eigenvalue weighted by molar-refractivity contribution is 6.30. The van der Waals surface area contributed by atoms with Gasteiger partial charge in [0.05, 0.1) is 6.42 Å². The normalized spacial score (nSPS) is 11.6. The van der Waals surface area contributed by atoms with Crippen molar-refractivity contribution in [2.45, 2.75) is 32.4 Å². The third-order valence-corrected chi connectivity index (χ3v) is 5.43. The molecule has 0 saturated heterocycles. The molecule has 0 fully saturated rings. The predicted molar refractivity (Wildman–Crippen MR) is 125 cm³/mol. The van der Waals surface area contributed by atoms with Gasteiger partial charge >= 0.3 is 0 Å². The molecule has 0 saturated carbocycles. The molecule has 0 radical (unpaired) electrons. The number of benzene rings is 3. The number of halogens is 1. The molecule has 0 aliphatic heterocycles. The molecule has 0 aromatic heterocycles. The molecular formula is C26H27ClN2O2. The number of amides is 2. The summed E-state index contributed by atoms with van der Waals surface area (Å²) in [6, 6.07) is 24.4. The van der Waals surface area contributed by atoms with Crippen LogP contribution in [0.1, 0.15) is 22.3 Å². The number of rotatable bonds is 8. The summed E-state index contributed by atoms with van der Waals surface area (Å²) in [6.45, 7) is 2.37. The fraction of sp³-hybridized carbons (Fsp3) is 0.231. The first kappa shape index (κ1) is 22.6. The first-order valence-corrected chi connectivity index (χ1v) is 10.7. The number of hydrogen-bond donors (Lipinski definition) is 1. The van der Waals surface area contributed by atoms with E-state index in [0.717, 1.165) is 22.3 Å². The van der Waals surface area contributed by atoms with E-state index >= 15 is 0 Å². The number of hydrogen-bond acceptors (Lipinski definition) is 2. The molecule has 5 heteroatoms. The van der Waals surface area contributed by atoms with Crippen LogP contribution in [0.15, 0.2) is 78.9 Å². The third kappa shape index (κ3) is 6.43. The zero-order chi connectivity index (χ0) is 22.2. The lowest BCUT2D eigenvalue weighted by Gasteiger charge is -2.31. The number of aryl methyl sites for hydroxylation is 1. The zero-order valence-corrected chi connectivity index (χ0v) is 18.6. The summed E-state index contributed by atoms with van der Waals surface area (Å²) in [5, 5.41) is 3.32. The molecule has 1 N–H and O–H groups in total. The van der Waals surface area contributed by atoms with Crippen LogP contribution in [0, 0.1) is 6.92 Å². The van der Waals surface area contributed by atoms with Gasteiger partial charge in [-0.3, -0.25) is 9.59 Å². The molecule has 1 atom stereocenters. The van der Waals surface area contributed by atoms with Crippen LogP contribution in [-0.2, 0) is 29.0 Å². The summed E-state index contributed by atoms with van der Waals surface area (Å²) >= 11 is 6.11. The minimum atomic E-state index is -0.625. The Bertz CT molecular complexity index is 1040. The highest BCUT2D eigenvalue weighted by Crippen LogP contribution is 2.18. The smallest absolute Gasteiger partial charge is 0.242 e. The average Bonchev–Trinajstić information content (AvgIpc) is 2.76. The summed E-state index contributed by atoms with van der Waals surface area (Å²) in [5.74, 6) is -0.302. The van der Waals surface area contributed by atoms with Gasteiger partial charge in [0.25, 0.3) is 0 Å². The van der Waals surface area contributed by atoms with Gasteiger partial charge in [-0.25, -0.2) is 0 Å². The van der Waals surface area contributed by atoms with Crippen molar-refractivity contribution in [3.63, 3.8) is 0 Å². The zero-order valence-electron chi connectivity index (χ0n) is 17.8. The van der Waals surface area contributed by atoms with E-state index in [9.17, 15) is 9.59 Å². The van der Waals surface area contributed by atoms with Gasteiger partial charge in [0.2, 0.25) is 11.8 Å². The molecule has 3 rings (SSSR count). The van der Waals surface area contributed by atoms with Gasteiger partial charge in [-0.1, -0.05) is 83.9 Å². The number of carbonyl (C=O) groups is 2. The van der Waals surface area contributed by atoms with E-state index in [1.807, 2.05) is 73.7 Å². The quantitative estimate of drug-likeness (QED) is 0.564. The second-order valence-electron chi connectivity index (χ2n) is 7.64. The number of nitrogens with zero attached hydrogens (tertiary/aromatic N) is 1. The first-order valence-electron chi connectivity index (χ1n) is 10.3. The van der Waals surface area contributed by atoms with Crippen molar-refractivity contribution in [3.05, 3.63) is 106 Å². The summed E-state index contributed by atoms with van der Waals surface area (Å²) < 4.78 is 0. The SMILES string of the molecule is CNC(=O)[C@H](Cc1ccccc1)N(Cc1cccc(C)c1)C(=O)Cc1cccc(Cl)c1. The van der Waals surface area contributed by atoms with Crippen LogP contribution in [0.4, 0.5) is 0 Å². The molecule has 31 heavy (non-hydrogen) atoms. The van der Waals surface area contributed by atoms with E-state index < -0.39 is 6.04 Å². The molecule has 3 aromatic rings. The van der Waals surface area contributed by atoms with Crippen molar-refractivity contribution in [2.75, 3.05) is 7.05 Å². The molecule has 160 valence electrons. The standard InChI is InChI=1S/C26H27ClN2O2/c1-19-8-6-12-22(14-19)18-29(25(30)17-21-11-7-13-23(27)15-21)24(26(31)28-2)16-20-9-4-3-5-10-20/h3-15,24H,16-18H2,1-2H3,(H,28,31)/t24-/m0/s1. The van der Waals surface area contributed by atoms with E-state index in [2.05, 4.69) is 5.32 Å². The fourth-order valence-corrected chi connectivity index (χ4v) is 3.86. The fourth-order valence-electron chi connectivity index (χ4n) is 3.65. The maximum Gasteiger partial charge on any atom is 0.242 e. The maximum absolute atomic E-state index is 13.5. The van der Waals surface area contributed by atoms with Gasteiger partial charge in [0.1, 0.15) is 6.04 Å². The lowest BCUT2D eigenvalue weighted by molar-refractivity contribution is -0.140. The molecule has 0 heterocycles. The summed E-state index contributed by atoms with van der Waals surface area (Å²) in [4.78, 5) is 28.1. The van der Waals surface area contributed by atoms with E-state index in [1.165, 1.54) is 0 Å². The van der Waals surface area contributed by atoms with Gasteiger partial charge in [-0.05, 0) is 35.7 Å². The van der Waals surface area contributed by atoms with Crippen molar-refractivity contribution in [1.82, 2.24) is 10.2 Å². The Kier molecular flexibility index (Phi) is 7.85. The number of likely N-dealkylation sites (N-methyl/N-ethyl adjacent to an activating group) is 1. The Morgan fingerprint density at radius 3 is 2.26 bits per heavy atom. The largest absolute Gasteiger partial charge is 0.357 e. The lowest BCUT2D eigenvalue weighted by atomic mass is 10.0.